The third-order valence-corrected chi connectivity index (χ3v) is 5.13. The molecule has 3 aromatic rings. The van der Waals surface area contributed by atoms with Gasteiger partial charge in [-0.25, -0.2) is 13.6 Å². The quantitative estimate of drug-likeness (QED) is 0.681. The Hall–Kier alpha value is -3.54. The highest BCUT2D eigenvalue weighted by molar-refractivity contribution is 5.98. The predicted molar refractivity (Wildman–Crippen MR) is 103 cm³/mol. The highest BCUT2D eigenvalue weighted by Gasteiger charge is 2.39. The van der Waals surface area contributed by atoms with E-state index in [0.29, 0.717) is 6.07 Å². The van der Waals surface area contributed by atoms with E-state index >= 15 is 0 Å². The molecule has 0 aromatic heterocycles. The van der Waals surface area contributed by atoms with Gasteiger partial charge in [0.05, 0.1) is 12.7 Å². The summed E-state index contributed by atoms with van der Waals surface area (Å²) in [4.78, 5) is 25.3. The number of benzene rings is 3. The maximum absolute atomic E-state index is 14.1. The molecule has 0 heterocycles. The largest absolute Gasteiger partial charge is 0.467 e. The molecule has 0 aliphatic heterocycles. The second-order valence-corrected chi connectivity index (χ2v) is 6.75. The van der Waals surface area contributed by atoms with Crippen molar-refractivity contribution >= 4 is 11.9 Å². The number of methoxy groups -OCH3 is 1. The summed E-state index contributed by atoms with van der Waals surface area (Å²) in [5.41, 5.74) is 3.31. The van der Waals surface area contributed by atoms with E-state index in [-0.39, 0.29) is 5.56 Å². The summed E-state index contributed by atoms with van der Waals surface area (Å²) in [6.45, 7) is 0. The number of carbonyl (C=O) groups excluding carboxylic acids is 2. The van der Waals surface area contributed by atoms with E-state index in [1.165, 1.54) is 7.11 Å². The Balaban J connectivity index is 1.76. The molecule has 0 saturated carbocycles. The lowest BCUT2D eigenvalue weighted by atomic mass is 9.89. The number of hydrogen-bond donors (Lipinski definition) is 1. The van der Waals surface area contributed by atoms with Gasteiger partial charge in [-0.3, -0.25) is 4.79 Å². The molecule has 4 nitrogen and oxygen atoms in total. The first-order valence-corrected chi connectivity index (χ1v) is 9.03. The second kappa shape index (κ2) is 7.47. The maximum Gasteiger partial charge on any atom is 0.329 e. The van der Waals surface area contributed by atoms with Crippen LogP contribution in [0.3, 0.4) is 0 Å². The molecule has 1 aliphatic rings. The Kier molecular flexibility index (Phi) is 4.84. The normalized spacial score (nSPS) is 13.3. The number of carbonyl (C=O) groups is 2. The Morgan fingerprint density at radius 1 is 0.931 bits per heavy atom. The number of rotatable bonds is 4. The van der Waals surface area contributed by atoms with Gasteiger partial charge in [0.2, 0.25) is 0 Å². The molecule has 29 heavy (non-hydrogen) atoms. The number of amides is 1. The summed E-state index contributed by atoms with van der Waals surface area (Å²) in [7, 11) is 1.23. The van der Waals surface area contributed by atoms with Crippen LogP contribution in [0.25, 0.3) is 11.1 Å². The Morgan fingerprint density at radius 2 is 1.52 bits per heavy atom. The molecule has 0 fully saturated rings. The average Bonchev–Trinajstić information content (AvgIpc) is 3.05. The van der Waals surface area contributed by atoms with Gasteiger partial charge in [0.15, 0.2) is 0 Å². The summed E-state index contributed by atoms with van der Waals surface area (Å²) < 4.78 is 32.2. The molecule has 1 amide bonds. The lowest BCUT2D eigenvalue weighted by Crippen LogP contribution is -2.45. The molecule has 0 bridgehead atoms. The minimum atomic E-state index is -1.08. The molecule has 3 aromatic carbocycles. The zero-order valence-electron chi connectivity index (χ0n) is 15.5. The zero-order chi connectivity index (χ0) is 20.5. The summed E-state index contributed by atoms with van der Waals surface area (Å²) in [6.07, 6.45) is 0. The molecule has 0 unspecified atom stereocenters. The van der Waals surface area contributed by atoms with Crippen molar-refractivity contribution in [3.8, 4) is 11.1 Å². The van der Waals surface area contributed by atoms with E-state index in [1.807, 2.05) is 48.5 Å². The molecule has 0 radical (unpaired) electrons. The second-order valence-electron chi connectivity index (χ2n) is 6.75. The molecular formula is C23H17F2NO3. The summed E-state index contributed by atoms with van der Waals surface area (Å²) in [6, 6.07) is 16.8. The maximum atomic E-state index is 14.1. The Morgan fingerprint density at radius 3 is 2.07 bits per heavy atom. The summed E-state index contributed by atoms with van der Waals surface area (Å²) in [5.74, 6) is -3.76. The number of fused-ring (bicyclic) bond motifs is 3. The van der Waals surface area contributed by atoms with Gasteiger partial charge in [0.25, 0.3) is 5.91 Å². The van der Waals surface area contributed by atoms with Gasteiger partial charge >= 0.3 is 5.97 Å². The van der Waals surface area contributed by atoms with Crippen LogP contribution in [0.5, 0.6) is 0 Å². The fourth-order valence-corrected chi connectivity index (χ4v) is 3.85. The van der Waals surface area contributed by atoms with Gasteiger partial charge in [-0.2, -0.15) is 0 Å². The first-order valence-electron chi connectivity index (χ1n) is 9.03. The first-order chi connectivity index (χ1) is 14.0. The van der Waals surface area contributed by atoms with Crippen molar-refractivity contribution in [1.29, 1.82) is 0 Å². The molecule has 0 saturated heterocycles. The van der Waals surface area contributed by atoms with Gasteiger partial charge in [0.1, 0.15) is 17.7 Å². The molecule has 0 spiro atoms. The van der Waals surface area contributed by atoms with Crippen LogP contribution in [0.1, 0.15) is 27.4 Å². The topological polar surface area (TPSA) is 55.4 Å². The van der Waals surface area contributed by atoms with Crippen molar-refractivity contribution in [3.63, 3.8) is 0 Å². The van der Waals surface area contributed by atoms with Crippen molar-refractivity contribution in [2.75, 3.05) is 7.11 Å². The van der Waals surface area contributed by atoms with Crippen LogP contribution in [0.4, 0.5) is 8.78 Å². The Labute approximate surface area is 166 Å². The molecule has 1 atom stereocenters. The zero-order valence-corrected chi connectivity index (χ0v) is 15.5. The molecule has 146 valence electrons. The van der Waals surface area contributed by atoms with E-state index in [9.17, 15) is 18.4 Å². The lowest BCUT2D eigenvalue weighted by Gasteiger charge is -2.24. The molecule has 6 heteroatoms. The van der Waals surface area contributed by atoms with Gasteiger partial charge in [0, 0.05) is 12.0 Å². The highest BCUT2D eigenvalue weighted by Crippen LogP contribution is 2.46. The Bertz CT molecular complexity index is 1070. The van der Waals surface area contributed by atoms with Gasteiger partial charge in [-0.15, -0.1) is 0 Å². The van der Waals surface area contributed by atoms with E-state index < -0.39 is 35.5 Å². The van der Waals surface area contributed by atoms with Gasteiger partial charge < -0.3 is 10.1 Å². The van der Waals surface area contributed by atoms with Crippen molar-refractivity contribution in [3.05, 3.63) is 95.1 Å². The number of halogens is 2. The minimum Gasteiger partial charge on any atom is -0.467 e. The van der Waals surface area contributed by atoms with Gasteiger partial charge in [-0.05, 0) is 34.4 Å². The molecular weight excluding hydrogens is 376 g/mol. The first kappa shape index (κ1) is 18.8. The van der Waals surface area contributed by atoms with Gasteiger partial charge in [-0.1, -0.05) is 48.5 Å². The van der Waals surface area contributed by atoms with Crippen LogP contribution in [-0.4, -0.2) is 25.0 Å². The summed E-state index contributed by atoms with van der Waals surface area (Å²) in [5, 5.41) is 2.59. The fourth-order valence-electron chi connectivity index (χ4n) is 3.85. The summed E-state index contributed by atoms with van der Waals surface area (Å²) >= 11 is 0. The van der Waals surface area contributed by atoms with Crippen LogP contribution < -0.4 is 5.32 Å². The van der Waals surface area contributed by atoms with Crippen molar-refractivity contribution in [2.45, 2.75) is 12.0 Å². The van der Waals surface area contributed by atoms with Crippen molar-refractivity contribution in [2.24, 2.45) is 0 Å². The number of ether oxygens (including phenoxy) is 1. The molecule has 1 N–H and O–H groups in total. The van der Waals surface area contributed by atoms with Crippen molar-refractivity contribution < 1.29 is 23.1 Å². The smallest absolute Gasteiger partial charge is 0.329 e. The van der Waals surface area contributed by atoms with Crippen LogP contribution >= 0.6 is 0 Å². The number of nitrogens with one attached hydrogen (secondary N) is 1. The van der Waals surface area contributed by atoms with Crippen molar-refractivity contribution in [1.82, 2.24) is 5.32 Å². The van der Waals surface area contributed by atoms with Crippen LogP contribution in [0.15, 0.2) is 66.7 Å². The molecule has 1 aliphatic carbocycles. The highest BCUT2D eigenvalue weighted by atomic mass is 19.1. The third kappa shape index (κ3) is 3.27. The number of hydrogen-bond acceptors (Lipinski definition) is 3. The van der Waals surface area contributed by atoms with E-state index in [1.54, 1.807) is 0 Å². The molecule has 4 rings (SSSR count). The third-order valence-electron chi connectivity index (χ3n) is 5.13. The standard InChI is InChI=1S/C23H17F2NO3/c1-29-23(28)21(26-22(27)18-11-10-13(24)12-19(18)25)20-16-8-4-2-6-14(16)15-7-3-5-9-17(15)20/h2-12,20-21H,1H3,(H,26,27)/t21-/m1/s1. The van der Waals surface area contributed by atoms with Crippen LogP contribution in [-0.2, 0) is 9.53 Å². The monoisotopic (exact) mass is 393 g/mol. The number of esters is 1. The predicted octanol–water partition coefficient (Wildman–Crippen LogP) is 4.05. The SMILES string of the molecule is COC(=O)[C@H](NC(=O)c1ccc(F)cc1F)C1c2ccccc2-c2ccccc21. The van der Waals surface area contributed by atoms with Crippen LogP contribution in [0, 0.1) is 11.6 Å². The average molecular weight is 393 g/mol. The minimum absolute atomic E-state index is 0.347. The van der Waals surface area contributed by atoms with E-state index in [2.05, 4.69) is 5.32 Å². The van der Waals surface area contributed by atoms with E-state index in [4.69, 9.17) is 4.74 Å². The van der Waals surface area contributed by atoms with Crippen LogP contribution in [0.2, 0.25) is 0 Å². The van der Waals surface area contributed by atoms with E-state index in [0.717, 1.165) is 34.4 Å². The fraction of sp³-hybridized carbons (Fsp3) is 0.130. The lowest BCUT2D eigenvalue weighted by molar-refractivity contribution is -0.143.